The van der Waals surface area contributed by atoms with E-state index in [1.807, 2.05) is 6.92 Å². The monoisotopic (exact) mass is 271 g/mol. The highest BCUT2D eigenvalue weighted by molar-refractivity contribution is 6.31. The summed E-state index contributed by atoms with van der Waals surface area (Å²) in [5.74, 6) is -1.05. The number of carboxylic acid groups (broad SMARTS) is 1. The van der Waals surface area contributed by atoms with E-state index < -0.39 is 5.97 Å². The van der Waals surface area contributed by atoms with Crippen LogP contribution in [-0.2, 0) is 4.79 Å². The van der Waals surface area contributed by atoms with Crippen molar-refractivity contribution >= 4 is 23.5 Å². The zero-order valence-corrected chi connectivity index (χ0v) is 10.7. The fourth-order valence-corrected chi connectivity index (χ4v) is 1.51. The number of aromatic carboxylic acids is 1. The Bertz CT molecular complexity index is 448. The first-order valence-corrected chi connectivity index (χ1v) is 5.84. The predicted octanol–water partition coefficient (Wildman–Crippen LogP) is 1.94. The second kappa shape index (κ2) is 6.86. The van der Waals surface area contributed by atoms with Crippen molar-refractivity contribution in [3.05, 3.63) is 28.8 Å². The molecule has 2 N–H and O–H groups in total. The molecule has 0 saturated heterocycles. The Hall–Kier alpha value is -1.75. The molecule has 0 unspecified atom stereocenters. The lowest BCUT2D eigenvalue weighted by atomic mass is 10.2. The van der Waals surface area contributed by atoms with Crippen LogP contribution in [0.1, 0.15) is 23.7 Å². The number of hydrogen-bond acceptors (Lipinski definition) is 3. The number of ether oxygens (including phenoxy) is 1. The summed E-state index contributed by atoms with van der Waals surface area (Å²) < 4.78 is 5.27. The maximum atomic E-state index is 11.2. The van der Waals surface area contributed by atoms with E-state index in [1.54, 1.807) is 0 Å². The van der Waals surface area contributed by atoms with E-state index in [-0.39, 0.29) is 30.2 Å². The van der Waals surface area contributed by atoms with Crippen LogP contribution in [0.25, 0.3) is 0 Å². The maximum absolute atomic E-state index is 11.2. The summed E-state index contributed by atoms with van der Waals surface area (Å²) >= 11 is 5.70. The second-order valence-electron chi connectivity index (χ2n) is 3.50. The number of rotatable bonds is 6. The van der Waals surface area contributed by atoms with Crippen molar-refractivity contribution in [2.75, 3.05) is 13.2 Å². The summed E-state index contributed by atoms with van der Waals surface area (Å²) in [5.41, 5.74) is -0.0154. The van der Waals surface area contributed by atoms with Crippen molar-refractivity contribution in [3.63, 3.8) is 0 Å². The van der Waals surface area contributed by atoms with Crippen LogP contribution < -0.4 is 10.1 Å². The van der Waals surface area contributed by atoms with Gasteiger partial charge in [-0.05, 0) is 25.1 Å². The van der Waals surface area contributed by atoms with Gasteiger partial charge in [-0.15, -0.1) is 0 Å². The molecule has 0 aromatic heterocycles. The Morgan fingerprint density at radius 2 is 2.17 bits per heavy atom. The molecular formula is C12H14ClNO4. The minimum absolute atomic E-state index is 0.0154. The Balaban J connectivity index is 2.62. The average Bonchev–Trinajstić information content (AvgIpc) is 2.31. The van der Waals surface area contributed by atoms with Gasteiger partial charge in [0.2, 0.25) is 5.91 Å². The standard InChI is InChI=1S/C12H14ClNO4/c1-2-14-11(15)5-6-18-10-4-3-8(13)7-9(10)12(16)17/h3-4,7H,2,5-6H2,1H3,(H,14,15)(H,16,17). The molecule has 1 rings (SSSR count). The number of benzene rings is 1. The van der Waals surface area contributed by atoms with Crippen LogP contribution in [0.4, 0.5) is 0 Å². The van der Waals surface area contributed by atoms with E-state index in [4.69, 9.17) is 21.4 Å². The van der Waals surface area contributed by atoms with Crippen LogP contribution in [0.2, 0.25) is 5.02 Å². The minimum Gasteiger partial charge on any atom is -0.492 e. The summed E-state index contributed by atoms with van der Waals surface area (Å²) in [6.45, 7) is 2.49. The highest BCUT2D eigenvalue weighted by Crippen LogP contribution is 2.23. The summed E-state index contributed by atoms with van der Waals surface area (Å²) in [5, 5.41) is 11.9. The average molecular weight is 272 g/mol. The molecule has 98 valence electrons. The fraction of sp³-hybridized carbons (Fsp3) is 0.333. The van der Waals surface area contributed by atoms with Gasteiger partial charge in [0.1, 0.15) is 11.3 Å². The molecule has 1 amide bonds. The van der Waals surface area contributed by atoms with Crippen LogP contribution in [-0.4, -0.2) is 30.1 Å². The van der Waals surface area contributed by atoms with Gasteiger partial charge in [-0.3, -0.25) is 4.79 Å². The van der Waals surface area contributed by atoms with Crippen molar-refractivity contribution in [1.82, 2.24) is 5.32 Å². The van der Waals surface area contributed by atoms with Gasteiger partial charge in [0.15, 0.2) is 0 Å². The van der Waals surface area contributed by atoms with Gasteiger partial charge in [-0.2, -0.15) is 0 Å². The van der Waals surface area contributed by atoms with Gasteiger partial charge in [0, 0.05) is 11.6 Å². The van der Waals surface area contributed by atoms with Crippen molar-refractivity contribution in [2.45, 2.75) is 13.3 Å². The molecule has 0 aliphatic rings. The van der Waals surface area contributed by atoms with E-state index in [2.05, 4.69) is 5.32 Å². The summed E-state index contributed by atoms with van der Waals surface area (Å²) in [4.78, 5) is 22.1. The number of amides is 1. The smallest absolute Gasteiger partial charge is 0.339 e. The van der Waals surface area contributed by atoms with E-state index in [0.29, 0.717) is 11.6 Å². The number of carbonyl (C=O) groups is 2. The van der Waals surface area contributed by atoms with Crippen LogP contribution >= 0.6 is 11.6 Å². The molecule has 6 heteroatoms. The Labute approximate surface area is 110 Å². The quantitative estimate of drug-likeness (QED) is 0.829. The van der Waals surface area contributed by atoms with Gasteiger partial charge >= 0.3 is 5.97 Å². The third-order valence-electron chi connectivity index (χ3n) is 2.13. The van der Waals surface area contributed by atoms with Crippen molar-refractivity contribution < 1.29 is 19.4 Å². The number of carboxylic acids is 1. The van der Waals surface area contributed by atoms with Gasteiger partial charge in [-0.25, -0.2) is 4.79 Å². The van der Waals surface area contributed by atoms with E-state index in [1.165, 1.54) is 18.2 Å². The number of hydrogen-bond donors (Lipinski definition) is 2. The third kappa shape index (κ3) is 4.25. The number of carbonyl (C=O) groups excluding carboxylic acids is 1. The van der Waals surface area contributed by atoms with Gasteiger partial charge in [-0.1, -0.05) is 11.6 Å². The normalized spacial score (nSPS) is 9.89. The molecule has 0 fully saturated rings. The van der Waals surface area contributed by atoms with Gasteiger partial charge < -0.3 is 15.2 Å². The van der Waals surface area contributed by atoms with Crippen molar-refractivity contribution in [1.29, 1.82) is 0 Å². The topological polar surface area (TPSA) is 75.6 Å². The largest absolute Gasteiger partial charge is 0.492 e. The highest BCUT2D eigenvalue weighted by Gasteiger charge is 2.12. The lowest BCUT2D eigenvalue weighted by Gasteiger charge is -2.09. The molecule has 0 bridgehead atoms. The van der Waals surface area contributed by atoms with Crippen LogP contribution in [0.5, 0.6) is 5.75 Å². The Kier molecular flexibility index (Phi) is 5.45. The molecule has 0 saturated carbocycles. The highest BCUT2D eigenvalue weighted by atomic mass is 35.5. The molecule has 0 heterocycles. The molecule has 5 nitrogen and oxygen atoms in total. The molecule has 0 spiro atoms. The Morgan fingerprint density at radius 3 is 2.78 bits per heavy atom. The zero-order valence-electron chi connectivity index (χ0n) is 9.90. The SMILES string of the molecule is CCNC(=O)CCOc1ccc(Cl)cc1C(=O)O. The lowest BCUT2D eigenvalue weighted by Crippen LogP contribution is -2.24. The van der Waals surface area contributed by atoms with Crippen molar-refractivity contribution in [2.24, 2.45) is 0 Å². The summed E-state index contributed by atoms with van der Waals surface area (Å²) in [6, 6.07) is 4.32. The first-order chi connectivity index (χ1) is 8.54. The summed E-state index contributed by atoms with van der Waals surface area (Å²) in [7, 11) is 0. The molecule has 0 atom stereocenters. The molecule has 0 aliphatic carbocycles. The molecule has 1 aromatic carbocycles. The molecule has 0 aliphatic heterocycles. The molecule has 0 radical (unpaired) electrons. The van der Waals surface area contributed by atoms with E-state index >= 15 is 0 Å². The zero-order chi connectivity index (χ0) is 13.5. The molecule has 18 heavy (non-hydrogen) atoms. The Morgan fingerprint density at radius 1 is 1.44 bits per heavy atom. The van der Waals surface area contributed by atoms with Crippen LogP contribution in [0.3, 0.4) is 0 Å². The molecule has 1 aromatic rings. The summed E-state index contributed by atoms with van der Waals surface area (Å²) in [6.07, 6.45) is 0.176. The first kappa shape index (κ1) is 14.3. The predicted molar refractivity (Wildman–Crippen MR) is 67.2 cm³/mol. The number of nitrogens with one attached hydrogen (secondary N) is 1. The first-order valence-electron chi connectivity index (χ1n) is 5.47. The second-order valence-corrected chi connectivity index (χ2v) is 3.93. The minimum atomic E-state index is -1.12. The third-order valence-corrected chi connectivity index (χ3v) is 2.37. The van der Waals surface area contributed by atoms with E-state index in [9.17, 15) is 9.59 Å². The van der Waals surface area contributed by atoms with Crippen LogP contribution in [0.15, 0.2) is 18.2 Å². The molecular weight excluding hydrogens is 258 g/mol. The number of halogens is 1. The fourth-order valence-electron chi connectivity index (χ4n) is 1.33. The van der Waals surface area contributed by atoms with Crippen LogP contribution in [0, 0.1) is 0 Å². The lowest BCUT2D eigenvalue weighted by molar-refractivity contribution is -0.121. The maximum Gasteiger partial charge on any atom is 0.339 e. The van der Waals surface area contributed by atoms with Crippen molar-refractivity contribution in [3.8, 4) is 5.75 Å². The van der Waals surface area contributed by atoms with Gasteiger partial charge in [0.25, 0.3) is 0 Å². The van der Waals surface area contributed by atoms with E-state index in [0.717, 1.165) is 0 Å². The van der Waals surface area contributed by atoms with Gasteiger partial charge in [0.05, 0.1) is 13.0 Å².